The number of likely N-dealkylation sites (tertiary alicyclic amines) is 1. The van der Waals surface area contributed by atoms with Crippen LogP contribution in [0.1, 0.15) is 34.1 Å². The lowest BCUT2D eigenvalue weighted by atomic mass is 10.1. The van der Waals surface area contributed by atoms with Crippen LogP contribution < -0.4 is 0 Å². The molecule has 0 spiro atoms. The molecule has 2 aromatic heterocycles. The van der Waals surface area contributed by atoms with Crippen molar-refractivity contribution in [3.8, 4) is 0 Å². The molecule has 1 atom stereocenters. The summed E-state index contributed by atoms with van der Waals surface area (Å²) < 4.78 is 5.32. The first-order valence-electron chi connectivity index (χ1n) is 8.69. The van der Waals surface area contributed by atoms with E-state index in [2.05, 4.69) is 4.98 Å². The van der Waals surface area contributed by atoms with E-state index in [-0.39, 0.29) is 23.7 Å². The van der Waals surface area contributed by atoms with E-state index in [9.17, 15) is 9.59 Å². The van der Waals surface area contributed by atoms with Crippen molar-refractivity contribution in [3.63, 3.8) is 0 Å². The van der Waals surface area contributed by atoms with Crippen molar-refractivity contribution in [1.29, 1.82) is 0 Å². The Morgan fingerprint density at radius 2 is 2.11 bits per heavy atom. The molecule has 3 aromatic rings. The van der Waals surface area contributed by atoms with Gasteiger partial charge in [0.25, 0.3) is 5.91 Å². The molecule has 27 heavy (non-hydrogen) atoms. The highest BCUT2D eigenvalue weighted by atomic mass is 35.5. The molecule has 0 saturated carbocycles. The third-order valence-electron chi connectivity index (χ3n) is 4.68. The molecule has 0 aliphatic carbocycles. The number of aromatic nitrogens is 1. The number of para-hydroxylation sites is 1. The van der Waals surface area contributed by atoms with Gasteiger partial charge >= 0.3 is 5.97 Å². The topological polar surface area (TPSA) is 59.5 Å². The van der Waals surface area contributed by atoms with Crippen molar-refractivity contribution in [1.82, 2.24) is 9.88 Å². The number of hydrogen-bond donors (Lipinski definition) is 0. The second-order valence-electron chi connectivity index (χ2n) is 6.35. The first-order chi connectivity index (χ1) is 13.1. The summed E-state index contributed by atoms with van der Waals surface area (Å²) in [7, 11) is 0. The minimum absolute atomic E-state index is 0.0763. The van der Waals surface area contributed by atoms with Crippen LogP contribution in [0.25, 0.3) is 10.9 Å². The molecule has 3 heterocycles. The molecule has 1 aromatic carbocycles. The lowest BCUT2D eigenvalue weighted by Gasteiger charge is -2.23. The Morgan fingerprint density at radius 1 is 1.26 bits per heavy atom. The summed E-state index contributed by atoms with van der Waals surface area (Å²) >= 11 is 7.66. The molecule has 0 N–H and O–H groups in total. The van der Waals surface area contributed by atoms with E-state index < -0.39 is 5.97 Å². The van der Waals surface area contributed by atoms with Crippen LogP contribution in [-0.4, -0.2) is 34.9 Å². The third-order valence-corrected chi connectivity index (χ3v) is 5.84. The number of hydrogen-bond acceptors (Lipinski definition) is 5. The van der Waals surface area contributed by atoms with Crippen molar-refractivity contribution >= 4 is 45.7 Å². The molecule has 4 rings (SSSR count). The maximum atomic E-state index is 12.6. The summed E-state index contributed by atoms with van der Waals surface area (Å²) in [5.41, 5.74) is 0.926. The normalized spacial score (nSPS) is 16.6. The quantitative estimate of drug-likeness (QED) is 0.479. The summed E-state index contributed by atoms with van der Waals surface area (Å²) in [5.74, 6) is -0.751. The van der Waals surface area contributed by atoms with E-state index in [1.54, 1.807) is 28.4 Å². The van der Waals surface area contributed by atoms with E-state index in [0.29, 0.717) is 23.0 Å². The molecule has 5 nitrogen and oxygen atoms in total. The second kappa shape index (κ2) is 7.66. The number of fused-ring (bicyclic) bond motifs is 1. The Labute approximate surface area is 165 Å². The molecule has 1 amide bonds. The van der Waals surface area contributed by atoms with Crippen LogP contribution in [0.3, 0.4) is 0 Å². The van der Waals surface area contributed by atoms with E-state index in [0.717, 1.165) is 12.8 Å². The molecule has 1 aliphatic heterocycles. The summed E-state index contributed by atoms with van der Waals surface area (Å²) in [6, 6.07) is 12.8. The molecule has 1 fully saturated rings. The zero-order chi connectivity index (χ0) is 18.8. The Bertz CT molecular complexity index is 990. The number of nitrogens with zero attached hydrogens (tertiary/aromatic N) is 2. The highest BCUT2D eigenvalue weighted by Gasteiger charge is 2.31. The number of benzene rings is 1. The van der Waals surface area contributed by atoms with E-state index in [4.69, 9.17) is 16.3 Å². The molecule has 1 unspecified atom stereocenters. The van der Waals surface area contributed by atoms with Gasteiger partial charge in [0.2, 0.25) is 0 Å². The fraction of sp³-hybridized carbons (Fsp3) is 0.250. The van der Waals surface area contributed by atoms with Crippen molar-refractivity contribution in [2.75, 3.05) is 13.2 Å². The first-order valence-corrected chi connectivity index (χ1v) is 9.94. The van der Waals surface area contributed by atoms with Gasteiger partial charge in [0.1, 0.15) is 5.15 Å². The van der Waals surface area contributed by atoms with Gasteiger partial charge in [0, 0.05) is 16.8 Å². The zero-order valence-electron chi connectivity index (χ0n) is 14.4. The van der Waals surface area contributed by atoms with Gasteiger partial charge in [-0.05, 0) is 36.4 Å². The van der Waals surface area contributed by atoms with Gasteiger partial charge in [-0.25, -0.2) is 9.78 Å². The predicted octanol–water partition coefficient (Wildman–Crippen LogP) is 4.47. The van der Waals surface area contributed by atoms with Crippen LogP contribution in [0.15, 0.2) is 47.8 Å². The largest absolute Gasteiger partial charge is 0.452 e. The number of rotatable bonds is 4. The first kappa shape index (κ1) is 17.9. The van der Waals surface area contributed by atoms with E-state index in [1.165, 1.54) is 10.9 Å². The van der Waals surface area contributed by atoms with Gasteiger partial charge in [0.05, 0.1) is 17.1 Å². The number of ether oxygens (including phenoxy) is 1. The Hall–Kier alpha value is -2.44. The van der Waals surface area contributed by atoms with E-state index >= 15 is 0 Å². The fourth-order valence-corrected chi connectivity index (χ4v) is 4.52. The molecule has 1 saturated heterocycles. The standard InChI is InChI=1S/C20H17ClN2O3S/c21-18-11-14(13-5-1-2-6-15(13)22-18)20(25)26-12-19(24)23-9-3-7-16(23)17-8-4-10-27-17/h1-2,4-6,8,10-11,16H,3,7,9,12H2. The number of carbonyl (C=O) groups excluding carboxylic acids is 2. The van der Waals surface area contributed by atoms with Crippen molar-refractivity contribution in [2.45, 2.75) is 18.9 Å². The molecular formula is C20H17ClN2O3S. The summed E-state index contributed by atoms with van der Waals surface area (Å²) in [4.78, 5) is 32.4. The maximum absolute atomic E-state index is 12.6. The number of amides is 1. The number of esters is 1. The van der Waals surface area contributed by atoms with Crippen LogP contribution in [0.5, 0.6) is 0 Å². The highest BCUT2D eigenvalue weighted by molar-refractivity contribution is 7.10. The molecule has 0 bridgehead atoms. The number of halogens is 1. The maximum Gasteiger partial charge on any atom is 0.339 e. The average molecular weight is 401 g/mol. The van der Waals surface area contributed by atoms with E-state index in [1.807, 2.05) is 29.6 Å². The van der Waals surface area contributed by atoms with Gasteiger partial charge in [-0.1, -0.05) is 35.9 Å². The average Bonchev–Trinajstić information content (AvgIpc) is 3.36. The minimum Gasteiger partial charge on any atom is -0.452 e. The summed E-state index contributed by atoms with van der Waals surface area (Å²) in [5, 5.41) is 2.87. The van der Waals surface area contributed by atoms with Crippen LogP contribution in [0, 0.1) is 0 Å². The van der Waals surface area contributed by atoms with Gasteiger partial charge in [-0.15, -0.1) is 11.3 Å². The Balaban J connectivity index is 1.47. The minimum atomic E-state index is -0.573. The molecule has 138 valence electrons. The highest BCUT2D eigenvalue weighted by Crippen LogP contribution is 2.34. The second-order valence-corrected chi connectivity index (χ2v) is 7.71. The number of carbonyl (C=O) groups is 2. The van der Waals surface area contributed by atoms with Crippen molar-refractivity contribution in [3.05, 3.63) is 63.4 Å². The lowest BCUT2D eigenvalue weighted by Crippen LogP contribution is -2.34. The Kier molecular flexibility index (Phi) is 5.09. The van der Waals surface area contributed by atoms with Gasteiger partial charge in [-0.2, -0.15) is 0 Å². The smallest absolute Gasteiger partial charge is 0.339 e. The van der Waals surface area contributed by atoms with Crippen LogP contribution in [0.2, 0.25) is 5.15 Å². The SMILES string of the molecule is O=C(OCC(=O)N1CCCC1c1cccs1)c1cc(Cl)nc2ccccc12. The predicted molar refractivity (Wildman–Crippen MR) is 105 cm³/mol. The molecule has 0 radical (unpaired) electrons. The Morgan fingerprint density at radius 3 is 2.93 bits per heavy atom. The van der Waals surface area contributed by atoms with Crippen LogP contribution in [0.4, 0.5) is 0 Å². The molecule has 7 heteroatoms. The number of pyridine rings is 1. The summed E-state index contributed by atoms with van der Waals surface area (Å²) in [6.45, 7) is 0.401. The van der Waals surface area contributed by atoms with Crippen LogP contribution in [-0.2, 0) is 9.53 Å². The number of thiophene rings is 1. The van der Waals surface area contributed by atoms with Crippen LogP contribution >= 0.6 is 22.9 Å². The summed E-state index contributed by atoms with van der Waals surface area (Å²) in [6.07, 6.45) is 1.89. The molecule has 1 aliphatic rings. The monoisotopic (exact) mass is 400 g/mol. The zero-order valence-corrected chi connectivity index (χ0v) is 16.0. The fourth-order valence-electron chi connectivity index (χ4n) is 3.44. The van der Waals surface area contributed by atoms with Gasteiger partial charge in [-0.3, -0.25) is 4.79 Å². The van der Waals surface area contributed by atoms with Gasteiger partial charge < -0.3 is 9.64 Å². The molecular weight excluding hydrogens is 384 g/mol. The van der Waals surface area contributed by atoms with Crippen molar-refractivity contribution < 1.29 is 14.3 Å². The lowest BCUT2D eigenvalue weighted by molar-refractivity contribution is -0.135. The third kappa shape index (κ3) is 3.68. The van der Waals surface area contributed by atoms with Gasteiger partial charge in [0.15, 0.2) is 6.61 Å². The van der Waals surface area contributed by atoms with Crippen molar-refractivity contribution in [2.24, 2.45) is 0 Å².